The lowest BCUT2D eigenvalue weighted by Crippen LogP contribution is -2.46. The van der Waals surface area contributed by atoms with Crippen LogP contribution in [0.5, 0.6) is 0 Å². The van der Waals surface area contributed by atoms with Gasteiger partial charge in [-0.3, -0.25) is 4.90 Å². The highest BCUT2D eigenvalue weighted by atomic mass is 16.3. The summed E-state index contributed by atoms with van der Waals surface area (Å²) < 4.78 is 0. The number of hydrogen-bond acceptors (Lipinski definition) is 3. The Balaban J connectivity index is 2.29. The van der Waals surface area contributed by atoms with Gasteiger partial charge in [0.05, 0.1) is 6.10 Å². The van der Waals surface area contributed by atoms with Crippen molar-refractivity contribution in [3.8, 4) is 0 Å². The molecule has 15 heavy (non-hydrogen) atoms. The predicted octanol–water partition coefficient (Wildman–Crippen LogP) is 1.22. The zero-order valence-electron chi connectivity index (χ0n) is 10.2. The Morgan fingerprint density at radius 3 is 2.93 bits per heavy atom. The number of piperidine rings is 1. The molecule has 1 saturated heterocycles. The predicted molar refractivity (Wildman–Crippen MR) is 64.1 cm³/mol. The molecule has 0 aliphatic carbocycles. The lowest BCUT2D eigenvalue weighted by Gasteiger charge is -2.36. The van der Waals surface area contributed by atoms with E-state index in [0.717, 1.165) is 26.1 Å². The van der Waals surface area contributed by atoms with E-state index in [2.05, 4.69) is 17.1 Å². The van der Waals surface area contributed by atoms with Gasteiger partial charge in [-0.2, -0.15) is 0 Å². The molecule has 1 heterocycles. The van der Waals surface area contributed by atoms with Gasteiger partial charge < -0.3 is 10.4 Å². The van der Waals surface area contributed by atoms with E-state index in [1.807, 2.05) is 6.92 Å². The van der Waals surface area contributed by atoms with Crippen molar-refractivity contribution in [3.05, 3.63) is 0 Å². The average molecular weight is 214 g/mol. The molecule has 0 aromatic rings. The van der Waals surface area contributed by atoms with Crippen molar-refractivity contribution in [1.29, 1.82) is 0 Å². The van der Waals surface area contributed by atoms with E-state index >= 15 is 0 Å². The maximum Gasteiger partial charge on any atom is 0.0524 e. The fourth-order valence-electron chi connectivity index (χ4n) is 2.25. The monoisotopic (exact) mass is 214 g/mol. The molecule has 90 valence electrons. The van der Waals surface area contributed by atoms with Crippen LogP contribution in [0.15, 0.2) is 0 Å². The van der Waals surface area contributed by atoms with Gasteiger partial charge in [0.15, 0.2) is 0 Å². The SMILES string of the molecule is CCNCC1CCCCN1CCC(C)O. The first-order chi connectivity index (χ1) is 7.24. The number of likely N-dealkylation sites (N-methyl/N-ethyl adjacent to an activating group) is 1. The Morgan fingerprint density at radius 2 is 2.27 bits per heavy atom. The molecule has 2 unspecified atom stereocenters. The molecule has 0 aromatic carbocycles. The minimum absolute atomic E-state index is 0.160. The summed E-state index contributed by atoms with van der Waals surface area (Å²) in [7, 11) is 0. The van der Waals surface area contributed by atoms with Crippen LogP contribution in [-0.2, 0) is 0 Å². The molecule has 1 fully saturated rings. The molecule has 0 radical (unpaired) electrons. The Bertz CT molecular complexity index is 162. The van der Waals surface area contributed by atoms with E-state index in [4.69, 9.17) is 0 Å². The minimum atomic E-state index is -0.160. The van der Waals surface area contributed by atoms with E-state index in [1.54, 1.807) is 0 Å². The second kappa shape index (κ2) is 7.20. The molecule has 0 aromatic heterocycles. The third-order valence-corrected chi connectivity index (χ3v) is 3.21. The molecule has 0 saturated carbocycles. The Labute approximate surface area is 93.9 Å². The van der Waals surface area contributed by atoms with E-state index in [9.17, 15) is 5.11 Å². The molecule has 0 amide bonds. The molecule has 1 rings (SSSR count). The fraction of sp³-hybridized carbons (Fsp3) is 1.00. The highest BCUT2D eigenvalue weighted by Gasteiger charge is 2.21. The number of rotatable bonds is 6. The van der Waals surface area contributed by atoms with Crippen molar-refractivity contribution >= 4 is 0 Å². The second-order valence-corrected chi connectivity index (χ2v) is 4.63. The van der Waals surface area contributed by atoms with Gasteiger partial charge in [0.1, 0.15) is 0 Å². The molecule has 1 aliphatic heterocycles. The first kappa shape index (κ1) is 12.9. The largest absolute Gasteiger partial charge is 0.393 e. The van der Waals surface area contributed by atoms with E-state index in [-0.39, 0.29) is 6.10 Å². The Hall–Kier alpha value is -0.120. The summed E-state index contributed by atoms with van der Waals surface area (Å²) in [5.74, 6) is 0. The summed E-state index contributed by atoms with van der Waals surface area (Å²) in [6.45, 7) is 8.46. The van der Waals surface area contributed by atoms with Crippen molar-refractivity contribution < 1.29 is 5.11 Å². The van der Waals surface area contributed by atoms with Crippen LogP contribution in [0.1, 0.15) is 39.5 Å². The molecule has 2 atom stereocenters. The summed E-state index contributed by atoms with van der Waals surface area (Å²) in [5, 5.41) is 12.7. The van der Waals surface area contributed by atoms with Crippen molar-refractivity contribution in [2.45, 2.75) is 51.7 Å². The normalized spacial score (nSPS) is 25.4. The van der Waals surface area contributed by atoms with Crippen LogP contribution in [0.3, 0.4) is 0 Å². The Kier molecular flexibility index (Phi) is 6.22. The van der Waals surface area contributed by atoms with Gasteiger partial charge in [-0.15, -0.1) is 0 Å². The van der Waals surface area contributed by atoms with Gasteiger partial charge in [0.2, 0.25) is 0 Å². The van der Waals surface area contributed by atoms with Crippen molar-refractivity contribution in [2.75, 3.05) is 26.2 Å². The lowest BCUT2D eigenvalue weighted by molar-refractivity contribution is 0.110. The average Bonchev–Trinajstić information content (AvgIpc) is 2.24. The van der Waals surface area contributed by atoms with Crippen LogP contribution < -0.4 is 5.32 Å². The van der Waals surface area contributed by atoms with Crippen LogP contribution in [0.2, 0.25) is 0 Å². The molecule has 3 heteroatoms. The fourth-order valence-corrected chi connectivity index (χ4v) is 2.25. The van der Waals surface area contributed by atoms with Crippen LogP contribution in [0.25, 0.3) is 0 Å². The molecule has 0 spiro atoms. The first-order valence-electron chi connectivity index (χ1n) is 6.37. The smallest absolute Gasteiger partial charge is 0.0524 e. The zero-order valence-corrected chi connectivity index (χ0v) is 10.2. The summed E-state index contributed by atoms with van der Waals surface area (Å²) >= 11 is 0. The van der Waals surface area contributed by atoms with Crippen molar-refractivity contribution in [3.63, 3.8) is 0 Å². The van der Waals surface area contributed by atoms with Crippen LogP contribution in [0.4, 0.5) is 0 Å². The molecule has 3 nitrogen and oxygen atoms in total. The third-order valence-electron chi connectivity index (χ3n) is 3.21. The summed E-state index contributed by atoms with van der Waals surface area (Å²) in [6.07, 6.45) is 4.74. The highest BCUT2D eigenvalue weighted by molar-refractivity contribution is 4.78. The minimum Gasteiger partial charge on any atom is -0.393 e. The van der Waals surface area contributed by atoms with Crippen LogP contribution in [0, 0.1) is 0 Å². The van der Waals surface area contributed by atoms with Crippen molar-refractivity contribution in [1.82, 2.24) is 10.2 Å². The van der Waals surface area contributed by atoms with Crippen LogP contribution >= 0.6 is 0 Å². The molecule has 1 aliphatic rings. The number of nitrogens with zero attached hydrogens (tertiary/aromatic N) is 1. The standard InChI is InChI=1S/C12H26N2O/c1-3-13-10-12-6-4-5-8-14(12)9-7-11(2)15/h11-13,15H,3-10H2,1-2H3. The van der Waals surface area contributed by atoms with Gasteiger partial charge in [-0.25, -0.2) is 0 Å². The molecule has 2 N–H and O–H groups in total. The van der Waals surface area contributed by atoms with E-state index in [0.29, 0.717) is 6.04 Å². The maximum atomic E-state index is 9.30. The zero-order chi connectivity index (χ0) is 11.1. The molecule has 0 bridgehead atoms. The number of aliphatic hydroxyl groups is 1. The summed E-state index contributed by atoms with van der Waals surface area (Å²) in [4.78, 5) is 2.54. The molecular formula is C12H26N2O. The lowest BCUT2D eigenvalue weighted by atomic mass is 10.0. The third kappa shape index (κ3) is 4.96. The van der Waals surface area contributed by atoms with Gasteiger partial charge in [0.25, 0.3) is 0 Å². The van der Waals surface area contributed by atoms with Gasteiger partial charge in [-0.05, 0) is 39.3 Å². The second-order valence-electron chi connectivity index (χ2n) is 4.63. The Morgan fingerprint density at radius 1 is 1.47 bits per heavy atom. The van der Waals surface area contributed by atoms with Gasteiger partial charge in [-0.1, -0.05) is 13.3 Å². The maximum absolute atomic E-state index is 9.30. The molecular weight excluding hydrogens is 188 g/mol. The quantitative estimate of drug-likeness (QED) is 0.698. The highest BCUT2D eigenvalue weighted by Crippen LogP contribution is 2.16. The van der Waals surface area contributed by atoms with E-state index in [1.165, 1.54) is 25.8 Å². The van der Waals surface area contributed by atoms with Crippen molar-refractivity contribution in [2.24, 2.45) is 0 Å². The summed E-state index contributed by atoms with van der Waals surface area (Å²) in [5.41, 5.74) is 0. The number of hydrogen-bond donors (Lipinski definition) is 2. The van der Waals surface area contributed by atoms with Crippen LogP contribution in [-0.4, -0.2) is 48.3 Å². The topological polar surface area (TPSA) is 35.5 Å². The number of nitrogens with one attached hydrogen (secondary N) is 1. The van der Waals surface area contributed by atoms with E-state index < -0.39 is 0 Å². The van der Waals surface area contributed by atoms with Gasteiger partial charge >= 0.3 is 0 Å². The number of likely N-dealkylation sites (tertiary alicyclic amines) is 1. The first-order valence-corrected chi connectivity index (χ1v) is 6.37. The summed E-state index contributed by atoms with van der Waals surface area (Å²) in [6, 6.07) is 0.692. The van der Waals surface area contributed by atoms with Gasteiger partial charge in [0, 0.05) is 19.1 Å². The number of aliphatic hydroxyl groups excluding tert-OH is 1.